The van der Waals surface area contributed by atoms with Crippen molar-refractivity contribution in [3.05, 3.63) is 10.6 Å². The van der Waals surface area contributed by atoms with Crippen LogP contribution in [0.25, 0.3) is 0 Å². The van der Waals surface area contributed by atoms with Crippen molar-refractivity contribution in [3.63, 3.8) is 0 Å². The van der Waals surface area contributed by atoms with Crippen LogP contribution in [0.1, 0.15) is 13.3 Å². The fraction of sp³-hybridized carbons (Fsp3) is 0.714. The van der Waals surface area contributed by atoms with Crippen LogP contribution in [0.4, 0.5) is 0 Å². The monoisotopic (exact) mass is 179 g/mol. The van der Waals surface area contributed by atoms with Crippen LogP contribution in [0.5, 0.6) is 0 Å². The average Bonchev–Trinajstić information content (AvgIpc) is 2.61. The number of halogens is 2. The molecule has 1 fully saturated rings. The minimum Gasteiger partial charge on any atom is -0.309 e. The zero-order valence-corrected chi connectivity index (χ0v) is 7.41. The van der Waals surface area contributed by atoms with E-state index in [1.807, 2.05) is 0 Å². The van der Waals surface area contributed by atoms with Crippen LogP contribution < -0.4 is 5.32 Å². The van der Waals surface area contributed by atoms with E-state index in [2.05, 4.69) is 12.2 Å². The Labute approximate surface area is 71.4 Å². The summed E-state index contributed by atoms with van der Waals surface area (Å²) in [5.74, 6) is 0.819. The zero-order valence-electron chi connectivity index (χ0n) is 5.90. The fourth-order valence-corrected chi connectivity index (χ4v) is 1.03. The van der Waals surface area contributed by atoms with Crippen LogP contribution in [0.15, 0.2) is 10.6 Å². The molecule has 0 amide bonds. The van der Waals surface area contributed by atoms with E-state index in [1.165, 1.54) is 12.0 Å². The Morgan fingerprint density at radius 2 is 2.40 bits per heavy atom. The molecule has 1 N–H and O–H groups in total. The van der Waals surface area contributed by atoms with Gasteiger partial charge < -0.3 is 5.32 Å². The first-order valence-electron chi connectivity index (χ1n) is 3.42. The fourth-order valence-electron chi connectivity index (χ4n) is 0.874. The van der Waals surface area contributed by atoms with Gasteiger partial charge in [-0.2, -0.15) is 0 Å². The molecule has 0 aliphatic heterocycles. The van der Waals surface area contributed by atoms with E-state index in [9.17, 15) is 0 Å². The van der Waals surface area contributed by atoms with E-state index in [0.717, 1.165) is 5.92 Å². The molecule has 1 saturated carbocycles. The van der Waals surface area contributed by atoms with E-state index < -0.39 is 0 Å². The van der Waals surface area contributed by atoms with E-state index in [0.29, 0.717) is 17.6 Å². The Morgan fingerprint density at radius 3 is 2.80 bits per heavy atom. The van der Waals surface area contributed by atoms with E-state index >= 15 is 0 Å². The molecule has 1 aliphatic rings. The first kappa shape index (κ1) is 8.38. The van der Waals surface area contributed by atoms with Crippen molar-refractivity contribution in [2.24, 2.45) is 5.92 Å². The van der Waals surface area contributed by atoms with Gasteiger partial charge in [-0.25, -0.2) is 0 Å². The lowest BCUT2D eigenvalue weighted by atomic mass is 10.5. The molecule has 2 atom stereocenters. The predicted octanol–water partition coefficient (Wildman–Crippen LogP) is 2.30. The van der Waals surface area contributed by atoms with Crippen LogP contribution in [0.3, 0.4) is 0 Å². The van der Waals surface area contributed by atoms with Crippen molar-refractivity contribution in [1.29, 1.82) is 0 Å². The van der Waals surface area contributed by atoms with E-state index in [4.69, 9.17) is 23.2 Å². The number of nitrogens with one attached hydrogen (secondary N) is 1. The molecule has 2 unspecified atom stereocenters. The van der Waals surface area contributed by atoms with Gasteiger partial charge in [0.2, 0.25) is 0 Å². The number of hydrogen-bond donors (Lipinski definition) is 1. The summed E-state index contributed by atoms with van der Waals surface area (Å²) in [6.07, 6.45) is 1.27. The van der Waals surface area contributed by atoms with Crippen molar-refractivity contribution >= 4 is 23.2 Å². The molecule has 0 spiro atoms. The molecule has 0 saturated heterocycles. The van der Waals surface area contributed by atoms with E-state index in [1.54, 1.807) is 0 Å². The number of rotatable bonds is 3. The number of hydrogen-bond acceptors (Lipinski definition) is 1. The summed E-state index contributed by atoms with van der Waals surface area (Å²) in [6, 6.07) is 0.672. The Morgan fingerprint density at radius 1 is 1.80 bits per heavy atom. The van der Waals surface area contributed by atoms with Gasteiger partial charge in [-0.15, -0.1) is 0 Å². The van der Waals surface area contributed by atoms with E-state index in [-0.39, 0.29) is 0 Å². The highest BCUT2D eigenvalue weighted by atomic mass is 35.5. The summed E-state index contributed by atoms with van der Waals surface area (Å²) in [5, 5.41) is 3.95. The van der Waals surface area contributed by atoms with Crippen LogP contribution in [-0.2, 0) is 0 Å². The first-order chi connectivity index (χ1) is 4.74. The van der Waals surface area contributed by atoms with Gasteiger partial charge in [0.05, 0.1) is 0 Å². The minimum absolute atomic E-state index is 0.672. The third kappa shape index (κ3) is 2.49. The molecule has 3 heteroatoms. The first-order valence-corrected chi connectivity index (χ1v) is 4.23. The largest absolute Gasteiger partial charge is 0.309 e. The van der Waals surface area contributed by atoms with Gasteiger partial charge in [0, 0.05) is 23.2 Å². The quantitative estimate of drug-likeness (QED) is 0.702. The summed E-state index contributed by atoms with van der Waals surface area (Å²) >= 11 is 11.0. The Bertz CT molecular complexity index is 145. The van der Waals surface area contributed by atoms with Crippen molar-refractivity contribution < 1.29 is 0 Å². The van der Waals surface area contributed by atoms with Gasteiger partial charge in [-0.3, -0.25) is 0 Å². The molecule has 0 aromatic rings. The maximum absolute atomic E-state index is 5.65. The molecule has 1 aliphatic carbocycles. The summed E-state index contributed by atoms with van der Waals surface area (Å²) in [4.78, 5) is 0. The molecule has 0 aromatic carbocycles. The third-order valence-electron chi connectivity index (χ3n) is 1.76. The maximum Gasteiger partial charge on any atom is 0.0432 e. The molecule has 0 aromatic heterocycles. The summed E-state index contributed by atoms with van der Waals surface area (Å²) in [6.45, 7) is 2.93. The lowest BCUT2D eigenvalue weighted by Gasteiger charge is -1.99. The van der Waals surface area contributed by atoms with Gasteiger partial charge in [-0.1, -0.05) is 30.1 Å². The smallest absolute Gasteiger partial charge is 0.0432 e. The molecular weight excluding hydrogens is 169 g/mol. The Balaban J connectivity index is 2.06. The zero-order chi connectivity index (χ0) is 7.56. The molecule has 1 rings (SSSR count). The highest BCUT2D eigenvalue weighted by Crippen LogP contribution is 2.29. The molecule has 10 heavy (non-hydrogen) atoms. The van der Waals surface area contributed by atoms with Crippen LogP contribution in [0, 0.1) is 5.92 Å². The van der Waals surface area contributed by atoms with Gasteiger partial charge in [-0.05, 0) is 12.3 Å². The Hall–Kier alpha value is 0.280. The van der Waals surface area contributed by atoms with Crippen molar-refractivity contribution in [1.82, 2.24) is 5.32 Å². The van der Waals surface area contributed by atoms with Gasteiger partial charge >= 0.3 is 0 Å². The predicted molar refractivity (Wildman–Crippen MR) is 45.4 cm³/mol. The second kappa shape index (κ2) is 3.61. The van der Waals surface area contributed by atoms with Gasteiger partial charge in [0.15, 0.2) is 0 Å². The van der Waals surface area contributed by atoms with Crippen LogP contribution in [-0.4, -0.2) is 12.6 Å². The maximum atomic E-state index is 5.65. The van der Waals surface area contributed by atoms with Crippen LogP contribution in [0.2, 0.25) is 0 Å². The van der Waals surface area contributed by atoms with Gasteiger partial charge in [0.25, 0.3) is 0 Å². The minimum atomic E-state index is 0.672. The molecule has 0 radical (unpaired) electrons. The molecule has 0 heterocycles. The second-order valence-electron chi connectivity index (χ2n) is 2.76. The highest BCUT2D eigenvalue weighted by molar-refractivity contribution is 6.36. The summed E-state index contributed by atoms with van der Waals surface area (Å²) < 4.78 is 0. The van der Waals surface area contributed by atoms with Crippen molar-refractivity contribution in [2.75, 3.05) is 6.54 Å². The van der Waals surface area contributed by atoms with Crippen LogP contribution >= 0.6 is 23.2 Å². The SMILES string of the molecule is CC1CC1NC/C(Cl)=C/Cl. The van der Waals surface area contributed by atoms with Crippen molar-refractivity contribution in [2.45, 2.75) is 19.4 Å². The molecule has 58 valence electrons. The summed E-state index contributed by atoms with van der Waals surface area (Å²) in [5.41, 5.74) is 1.40. The van der Waals surface area contributed by atoms with Crippen molar-refractivity contribution in [3.8, 4) is 0 Å². The lowest BCUT2D eigenvalue weighted by Crippen LogP contribution is -2.18. The lowest BCUT2D eigenvalue weighted by molar-refractivity contribution is 0.701. The molecule has 0 bridgehead atoms. The summed E-state index contributed by atoms with van der Waals surface area (Å²) in [7, 11) is 0. The van der Waals surface area contributed by atoms with Gasteiger partial charge in [0.1, 0.15) is 0 Å². The molecule has 1 nitrogen and oxygen atoms in total. The second-order valence-corrected chi connectivity index (χ2v) is 3.46. The third-order valence-corrected chi connectivity index (χ3v) is 2.38. The Kier molecular flexibility index (Phi) is 3.02. The standard InChI is InChI=1S/C7H11Cl2N/c1-5-2-7(5)10-4-6(9)3-8/h3,5,7,10H,2,4H2,1H3/b6-3-. The normalized spacial score (nSPS) is 32.5. The topological polar surface area (TPSA) is 12.0 Å². The highest BCUT2D eigenvalue weighted by Gasteiger charge is 2.31. The molecular formula is C7H11Cl2N. The average molecular weight is 180 g/mol.